The summed E-state index contributed by atoms with van der Waals surface area (Å²) in [5, 5.41) is 1.47. The lowest BCUT2D eigenvalue weighted by Gasteiger charge is -2.08. The van der Waals surface area contributed by atoms with Gasteiger partial charge in [0.25, 0.3) is 0 Å². The maximum absolute atomic E-state index is 11.9. The fraction of sp³-hybridized carbons (Fsp3) is 0.867. The number of amides is 1. The second kappa shape index (κ2) is 12.3. The van der Waals surface area contributed by atoms with Crippen molar-refractivity contribution in [1.82, 2.24) is 5.32 Å². The average molecular weight is 325 g/mol. The van der Waals surface area contributed by atoms with Crippen LogP contribution in [0.2, 0.25) is 0 Å². The van der Waals surface area contributed by atoms with Crippen molar-refractivity contribution in [3.05, 3.63) is 0 Å². The van der Waals surface area contributed by atoms with Crippen molar-refractivity contribution in [1.29, 1.82) is 0 Å². The molecule has 0 rings (SSSR count). The molecule has 0 fully saturated rings. The van der Waals surface area contributed by atoms with Gasteiger partial charge in [0.05, 0.1) is 6.61 Å². The molecule has 0 aromatic carbocycles. The number of hydrogen-bond acceptors (Lipinski definition) is 3. The highest BCUT2D eigenvalue weighted by atomic mass is 19.4. The smallest absolute Gasteiger partial charge is 0.464 e. The van der Waals surface area contributed by atoms with Gasteiger partial charge in [-0.2, -0.15) is 13.2 Å². The van der Waals surface area contributed by atoms with E-state index in [1.54, 1.807) is 0 Å². The maximum Gasteiger partial charge on any atom is 0.471 e. The van der Waals surface area contributed by atoms with Crippen molar-refractivity contribution in [3.63, 3.8) is 0 Å². The fourth-order valence-corrected chi connectivity index (χ4v) is 1.90. The highest BCUT2D eigenvalue weighted by Crippen LogP contribution is 2.13. The Hall–Kier alpha value is -1.27. The van der Waals surface area contributed by atoms with Crippen molar-refractivity contribution in [2.45, 2.75) is 70.9 Å². The van der Waals surface area contributed by atoms with Gasteiger partial charge in [-0.05, 0) is 6.42 Å². The molecule has 0 aromatic rings. The molecular formula is C15H26F3NO3. The van der Waals surface area contributed by atoms with Crippen LogP contribution in [-0.4, -0.2) is 31.2 Å². The number of esters is 1. The Labute approximate surface area is 129 Å². The zero-order chi connectivity index (χ0) is 16.8. The highest BCUT2D eigenvalue weighted by Gasteiger charge is 2.38. The molecule has 0 unspecified atom stereocenters. The Bertz CT molecular complexity index is 320. The molecule has 0 heterocycles. The van der Waals surface area contributed by atoms with Gasteiger partial charge in [0.15, 0.2) is 0 Å². The van der Waals surface area contributed by atoms with Crippen LogP contribution < -0.4 is 5.32 Å². The molecule has 0 saturated heterocycles. The molecule has 0 aromatic heterocycles. The van der Waals surface area contributed by atoms with Gasteiger partial charge in [-0.1, -0.05) is 58.3 Å². The van der Waals surface area contributed by atoms with Crippen molar-refractivity contribution >= 4 is 11.9 Å². The quantitative estimate of drug-likeness (QED) is 0.439. The van der Waals surface area contributed by atoms with Gasteiger partial charge >= 0.3 is 18.1 Å². The summed E-state index contributed by atoms with van der Waals surface area (Å²) in [5.41, 5.74) is 0. The monoisotopic (exact) mass is 325 g/mol. The van der Waals surface area contributed by atoms with Crippen LogP contribution in [0.5, 0.6) is 0 Å². The zero-order valence-corrected chi connectivity index (χ0v) is 13.1. The van der Waals surface area contributed by atoms with Gasteiger partial charge < -0.3 is 10.1 Å². The third kappa shape index (κ3) is 12.5. The molecule has 4 nitrogen and oxygen atoms in total. The summed E-state index contributed by atoms with van der Waals surface area (Å²) in [6, 6.07) is 0. The summed E-state index contributed by atoms with van der Waals surface area (Å²) in [5.74, 6) is -2.98. The number of carbonyl (C=O) groups is 2. The van der Waals surface area contributed by atoms with Crippen LogP contribution in [0, 0.1) is 0 Å². The van der Waals surface area contributed by atoms with Crippen LogP contribution in [0.3, 0.4) is 0 Å². The van der Waals surface area contributed by atoms with E-state index < -0.39 is 24.6 Å². The van der Waals surface area contributed by atoms with E-state index in [4.69, 9.17) is 4.74 Å². The molecule has 0 aliphatic carbocycles. The second-order valence-corrected chi connectivity index (χ2v) is 5.23. The average Bonchev–Trinajstić information content (AvgIpc) is 2.45. The van der Waals surface area contributed by atoms with Crippen LogP contribution in [0.4, 0.5) is 13.2 Å². The van der Waals surface area contributed by atoms with Crippen LogP contribution in [0.1, 0.15) is 64.7 Å². The molecule has 0 atom stereocenters. The summed E-state index contributed by atoms with van der Waals surface area (Å²) in [6.07, 6.45) is 5.10. The standard InChI is InChI=1S/C15H26F3NO3/c1-2-3-4-5-6-7-8-9-10-11-22-13(20)12-19-14(21)15(16,17)18/h2-12H2,1H3,(H,19,21). The fourth-order valence-electron chi connectivity index (χ4n) is 1.90. The van der Waals surface area contributed by atoms with Gasteiger partial charge in [0.1, 0.15) is 6.54 Å². The van der Waals surface area contributed by atoms with Crippen molar-refractivity contribution in [2.24, 2.45) is 0 Å². The Morgan fingerprint density at radius 2 is 1.41 bits per heavy atom. The van der Waals surface area contributed by atoms with Crippen molar-refractivity contribution in [3.8, 4) is 0 Å². The molecule has 0 spiro atoms. The van der Waals surface area contributed by atoms with Crippen molar-refractivity contribution < 1.29 is 27.5 Å². The molecule has 7 heteroatoms. The van der Waals surface area contributed by atoms with Gasteiger partial charge in [0.2, 0.25) is 0 Å². The normalized spacial score (nSPS) is 11.3. The lowest BCUT2D eigenvalue weighted by atomic mass is 10.1. The number of carbonyl (C=O) groups excluding carboxylic acids is 2. The molecule has 1 N–H and O–H groups in total. The third-order valence-electron chi connectivity index (χ3n) is 3.16. The predicted molar refractivity (Wildman–Crippen MR) is 77.3 cm³/mol. The second-order valence-electron chi connectivity index (χ2n) is 5.23. The van der Waals surface area contributed by atoms with E-state index in [0.29, 0.717) is 6.42 Å². The topological polar surface area (TPSA) is 55.4 Å². The van der Waals surface area contributed by atoms with Gasteiger partial charge in [-0.15, -0.1) is 0 Å². The van der Waals surface area contributed by atoms with E-state index in [1.807, 2.05) is 0 Å². The van der Waals surface area contributed by atoms with Gasteiger partial charge in [-0.25, -0.2) is 0 Å². The number of ether oxygens (including phenoxy) is 1. The lowest BCUT2D eigenvalue weighted by molar-refractivity contribution is -0.174. The summed E-state index contributed by atoms with van der Waals surface area (Å²) < 4.78 is 40.3. The van der Waals surface area contributed by atoms with Gasteiger partial charge in [0, 0.05) is 0 Å². The third-order valence-corrected chi connectivity index (χ3v) is 3.16. The summed E-state index contributed by atoms with van der Waals surface area (Å²) in [6.45, 7) is 1.60. The molecule has 0 aliphatic heterocycles. The number of hydrogen-bond donors (Lipinski definition) is 1. The van der Waals surface area contributed by atoms with Crippen LogP contribution in [0.25, 0.3) is 0 Å². The highest BCUT2D eigenvalue weighted by molar-refractivity contribution is 5.85. The first-order valence-corrected chi connectivity index (χ1v) is 7.88. The minimum atomic E-state index is -4.97. The van der Waals surface area contributed by atoms with E-state index in [9.17, 15) is 22.8 Å². The minimum Gasteiger partial charge on any atom is -0.464 e. The SMILES string of the molecule is CCCCCCCCCCCOC(=O)CNC(=O)C(F)(F)F. The Kier molecular flexibility index (Phi) is 11.6. The van der Waals surface area contributed by atoms with Crippen LogP contribution in [0.15, 0.2) is 0 Å². The van der Waals surface area contributed by atoms with Gasteiger partial charge in [-0.3, -0.25) is 9.59 Å². The molecule has 0 saturated carbocycles. The lowest BCUT2D eigenvalue weighted by Crippen LogP contribution is -2.40. The molecule has 22 heavy (non-hydrogen) atoms. The number of nitrogens with one attached hydrogen (secondary N) is 1. The Morgan fingerprint density at radius 1 is 0.909 bits per heavy atom. The van der Waals surface area contributed by atoms with E-state index in [1.165, 1.54) is 37.4 Å². The Morgan fingerprint density at radius 3 is 1.91 bits per heavy atom. The summed E-state index contributed by atoms with van der Waals surface area (Å²) in [4.78, 5) is 21.6. The largest absolute Gasteiger partial charge is 0.471 e. The van der Waals surface area contributed by atoms with Crippen LogP contribution >= 0.6 is 0 Å². The summed E-state index contributed by atoms with van der Waals surface area (Å²) >= 11 is 0. The van der Waals surface area contributed by atoms with E-state index >= 15 is 0 Å². The predicted octanol–water partition coefficient (Wildman–Crippen LogP) is 3.74. The number of unbranched alkanes of at least 4 members (excludes halogenated alkanes) is 8. The minimum absolute atomic E-state index is 0.177. The van der Waals surface area contributed by atoms with Crippen molar-refractivity contribution in [2.75, 3.05) is 13.2 Å². The first-order chi connectivity index (χ1) is 10.4. The zero-order valence-electron chi connectivity index (χ0n) is 13.1. The molecule has 0 aliphatic rings. The number of rotatable bonds is 12. The first kappa shape index (κ1) is 20.7. The molecule has 0 bridgehead atoms. The molecule has 0 radical (unpaired) electrons. The Balaban J connectivity index is 3.37. The number of halogens is 3. The molecular weight excluding hydrogens is 299 g/mol. The first-order valence-electron chi connectivity index (χ1n) is 7.88. The maximum atomic E-state index is 11.9. The molecule has 1 amide bonds. The van der Waals surface area contributed by atoms with Crippen LogP contribution in [-0.2, 0) is 14.3 Å². The molecule has 130 valence electrons. The van der Waals surface area contributed by atoms with E-state index in [0.717, 1.165) is 19.3 Å². The summed E-state index contributed by atoms with van der Waals surface area (Å²) in [7, 11) is 0. The van der Waals surface area contributed by atoms with E-state index in [-0.39, 0.29) is 6.61 Å². The number of alkyl halides is 3. The van der Waals surface area contributed by atoms with E-state index in [2.05, 4.69) is 6.92 Å².